The standard InChI is InChI=1S/C32H20O/c1-2-11-21(12-3-1)30-22-13-4-6-15-24(22)31(25-16-7-5-14-23(25)30)27-18-10-20-29-32(27)26-17-8-9-19-28(26)33-29/h1-20H/i1D,2D,3D,4D,5D,6D,7D,8D,9D,10D,11D,12D,17D,18D,19D,20D. The van der Waals surface area contributed by atoms with E-state index in [4.69, 9.17) is 26.3 Å². The van der Waals surface area contributed by atoms with Crippen molar-refractivity contribution in [1.29, 1.82) is 0 Å². The van der Waals surface area contributed by atoms with Gasteiger partial charge in [-0.05, 0) is 55.9 Å². The molecular formula is C32H20O. The van der Waals surface area contributed by atoms with Gasteiger partial charge in [0, 0.05) is 10.8 Å². The van der Waals surface area contributed by atoms with Crippen molar-refractivity contribution in [3.8, 4) is 22.3 Å². The lowest BCUT2D eigenvalue weighted by molar-refractivity contribution is 0.669. The first kappa shape index (κ1) is 8.53. The Balaban J connectivity index is 1.85. The summed E-state index contributed by atoms with van der Waals surface area (Å²) in [5, 5.41) is 0.00411. The first-order chi connectivity index (χ1) is 23.0. The predicted octanol–water partition coefficient (Wildman–Crippen LogP) is 9.23. The Hall–Kier alpha value is -4.36. The second-order valence-corrected chi connectivity index (χ2v) is 7.32. The summed E-state index contributed by atoms with van der Waals surface area (Å²) in [6, 6.07) is -3.43. The molecule has 1 nitrogen and oxygen atoms in total. The van der Waals surface area contributed by atoms with Gasteiger partial charge >= 0.3 is 0 Å². The van der Waals surface area contributed by atoms with Crippen LogP contribution in [0.25, 0.3) is 65.7 Å². The molecule has 0 N–H and O–H groups in total. The molecule has 0 aliphatic carbocycles. The van der Waals surface area contributed by atoms with Crippen LogP contribution < -0.4 is 0 Å². The molecule has 0 bridgehead atoms. The second kappa shape index (κ2) is 7.08. The normalized spacial score (nSPS) is 18.4. The van der Waals surface area contributed by atoms with E-state index in [1.807, 2.05) is 0 Å². The number of fused-ring (bicyclic) bond motifs is 5. The summed E-state index contributed by atoms with van der Waals surface area (Å²) >= 11 is 0. The molecule has 0 saturated carbocycles. The third kappa shape index (κ3) is 2.66. The average molecular weight is 437 g/mol. The first-order valence-corrected chi connectivity index (χ1v) is 9.97. The van der Waals surface area contributed by atoms with Gasteiger partial charge in [-0.25, -0.2) is 0 Å². The zero-order valence-corrected chi connectivity index (χ0v) is 16.7. The highest BCUT2D eigenvalue weighted by atomic mass is 16.3. The maximum Gasteiger partial charge on any atom is 0.136 e. The molecule has 6 aromatic carbocycles. The first-order valence-electron chi connectivity index (χ1n) is 18.0. The minimum absolute atomic E-state index is 0.00213. The van der Waals surface area contributed by atoms with E-state index in [2.05, 4.69) is 0 Å². The highest BCUT2D eigenvalue weighted by molar-refractivity contribution is 6.25. The van der Waals surface area contributed by atoms with Gasteiger partial charge in [0.05, 0.1) is 21.9 Å². The zero-order valence-electron chi connectivity index (χ0n) is 32.7. The maximum atomic E-state index is 9.16. The number of rotatable bonds is 2. The van der Waals surface area contributed by atoms with Gasteiger partial charge < -0.3 is 4.42 Å². The number of furan rings is 1. The lowest BCUT2D eigenvalue weighted by atomic mass is 9.85. The molecule has 0 amide bonds. The fraction of sp³-hybridized carbons (Fsp3) is 0. The second-order valence-electron chi connectivity index (χ2n) is 7.32. The van der Waals surface area contributed by atoms with Crippen LogP contribution in [0.4, 0.5) is 0 Å². The average Bonchev–Trinajstić information content (AvgIpc) is 3.47. The van der Waals surface area contributed by atoms with E-state index in [0.717, 1.165) is 0 Å². The van der Waals surface area contributed by atoms with Crippen LogP contribution in [0.3, 0.4) is 0 Å². The Morgan fingerprint density at radius 2 is 1.03 bits per heavy atom. The molecule has 0 atom stereocenters. The molecule has 0 aliphatic heterocycles. The summed E-state index contributed by atoms with van der Waals surface area (Å²) in [7, 11) is 0. The Labute approximate surface area is 214 Å². The summed E-state index contributed by atoms with van der Waals surface area (Å²) in [4.78, 5) is 0. The van der Waals surface area contributed by atoms with Crippen molar-refractivity contribution in [2.75, 3.05) is 0 Å². The Morgan fingerprint density at radius 1 is 0.455 bits per heavy atom. The van der Waals surface area contributed by atoms with E-state index in [9.17, 15) is 0 Å². The van der Waals surface area contributed by atoms with Gasteiger partial charge in [0.15, 0.2) is 0 Å². The van der Waals surface area contributed by atoms with Crippen molar-refractivity contribution >= 4 is 43.5 Å². The van der Waals surface area contributed by atoms with Crippen LogP contribution >= 0.6 is 0 Å². The summed E-state index contributed by atoms with van der Waals surface area (Å²) in [6.45, 7) is 0. The van der Waals surface area contributed by atoms with Crippen molar-refractivity contribution in [2.24, 2.45) is 0 Å². The predicted molar refractivity (Wildman–Crippen MR) is 140 cm³/mol. The van der Waals surface area contributed by atoms with Crippen molar-refractivity contribution in [2.45, 2.75) is 0 Å². The van der Waals surface area contributed by atoms with Gasteiger partial charge in [-0.2, -0.15) is 0 Å². The van der Waals surface area contributed by atoms with Crippen LogP contribution in [-0.4, -0.2) is 0 Å². The molecule has 0 aliphatic rings. The van der Waals surface area contributed by atoms with Crippen LogP contribution in [0, 0.1) is 0 Å². The quantitative estimate of drug-likeness (QED) is 0.246. The molecule has 0 unspecified atom stereocenters. The zero-order chi connectivity index (χ0) is 35.7. The topological polar surface area (TPSA) is 13.1 Å². The van der Waals surface area contributed by atoms with Crippen molar-refractivity contribution in [1.82, 2.24) is 0 Å². The van der Waals surface area contributed by atoms with Crippen LogP contribution in [0.1, 0.15) is 21.9 Å². The highest BCUT2D eigenvalue weighted by Gasteiger charge is 2.19. The van der Waals surface area contributed by atoms with Crippen molar-refractivity contribution in [3.63, 3.8) is 0 Å². The number of benzene rings is 6. The van der Waals surface area contributed by atoms with Crippen molar-refractivity contribution in [3.05, 3.63) is 121 Å². The molecular weight excluding hydrogens is 400 g/mol. The molecule has 7 aromatic rings. The van der Waals surface area contributed by atoms with E-state index < -0.39 is 72.5 Å². The summed E-state index contributed by atoms with van der Waals surface area (Å²) in [5.74, 6) is 0. The SMILES string of the molecule is [2H]c1cc2c(-c3c([2H])c([2H])c([2H])c([2H])c3[2H])c3cc([2H])c([2H])cc3c(-c3c([2H])c([2H])c([2H])c4oc5c([2H])c([2H])c([2H])c([2H])c5c34)c2cc1[2H]. The van der Waals surface area contributed by atoms with E-state index in [1.165, 1.54) is 24.3 Å². The Bertz CT molecular complexity index is 2580. The fourth-order valence-electron chi connectivity index (χ4n) is 4.34. The molecule has 1 heterocycles. The lowest BCUT2D eigenvalue weighted by Gasteiger charge is -2.18. The number of hydrogen-bond donors (Lipinski definition) is 0. The molecule has 154 valence electrons. The molecule has 1 heteroatoms. The van der Waals surface area contributed by atoms with Gasteiger partial charge in [-0.3, -0.25) is 0 Å². The van der Waals surface area contributed by atoms with Crippen LogP contribution in [0.2, 0.25) is 0 Å². The van der Waals surface area contributed by atoms with E-state index in [1.54, 1.807) is 0 Å². The van der Waals surface area contributed by atoms with Crippen LogP contribution in [-0.2, 0) is 0 Å². The molecule has 0 saturated heterocycles. The molecule has 7 rings (SSSR count). The van der Waals surface area contributed by atoms with Crippen LogP contribution in [0.5, 0.6) is 0 Å². The number of hydrogen-bond acceptors (Lipinski definition) is 1. The summed E-state index contributed by atoms with van der Waals surface area (Å²) in [5.41, 5.74) is -1.05. The van der Waals surface area contributed by atoms with Crippen molar-refractivity contribution < 1.29 is 26.3 Å². The largest absolute Gasteiger partial charge is 0.456 e. The molecule has 33 heavy (non-hydrogen) atoms. The van der Waals surface area contributed by atoms with E-state index in [0.29, 0.717) is 0 Å². The third-order valence-electron chi connectivity index (χ3n) is 5.64. The van der Waals surface area contributed by atoms with Gasteiger partial charge in [0.2, 0.25) is 0 Å². The molecule has 0 fully saturated rings. The molecule has 1 aromatic heterocycles. The monoisotopic (exact) mass is 436 g/mol. The lowest BCUT2D eigenvalue weighted by Crippen LogP contribution is -1.91. The van der Waals surface area contributed by atoms with Gasteiger partial charge in [0.25, 0.3) is 0 Å². The maximum absolute atomic E-state index is 9.16. The number of para-hydroxylation sites is 1. The summed E-state index contributed by atoms with van der Waals surface area (Å²) in [6.07, 6.45) is 0. The minimum atomic E-state index is -0.649. The minimum Gasteiger partial charge on any atom is -0.456 e. The molecule has 0 spiro atoms. The highest BCUT2D eigenvalue weighted by Crippen LogP contribution is 2.46. The third-order valence-corrected chi connectivity index (χ3v) is 5.64. The van der Waals surface area contributed by atoms with E-state index >= 15 is 0 Å². The van der Waals surface area contributed by atoms with E-state index in [-0.39, 0.29) is 89.9 Å². The van der Waals surface area contributed by atoms with Gasteiger partial charge in [-0.15, -0.1) is 0 Å². The molecule has 0 radical (unpaired) electrons. The van der Waals surface area contributed by atoms with Gasteiger partial charge in [-0.1, -0.05) is 109 Å². The fourth-order valence-corrected chi connectivity index (χ4v) is 4.34. The van der Waals surface area contributed by atoms with Crippen LogP contribution in [0.15, 0.2) is 125 Å². The smallest absolute Gasteiger partial charge is 0.136 e. The Morgan fingerprint density at radius 3 is 1.73 bits per heavy atom. The van der Waals surface area contributed by atoms with Gasteiger partial charge in [0.1, 0.15) is 11.2 Å². The Kier molecular flexibility index (Phi) is 1.83. The summed E-state index contributed by atoms with van der Waals surface area (Å²) < 4.78 is 143.